The zero-order valence-corrected chi connectivity index (χ0v) is 10.4. The summed E-state index contributed by atoms with van der Waals surface area (Å²) < 4.78 is 19.0. The lowest BCUT2D eigenvalue weighted by Crippen LogP contribution is -2.31. The van der Waals surface area contributed by atoms with Gasteiger partial charge in [-0.3, -0.25) is 0 Å². The average molecular weight is 238 g/mol. The van der Waals surface area contributed by atoms with E-state index in [1.807, 2.05) is 6.92 Å². The minimum Gasteiger partial charge on any atom is -0.497 e. The summed E-state index contributed by atoms with van der Waals surface area (Å²) in [6, 6.07) is 4.71. The molecule has 1 aromatic carbocycles. The van der Waals surface area contributed by atoms with Crippen LogP contribution in [0.4, 0.5) is 4.39 Å². The third kappa shape index (κ3) is 2.04. The van der Waals surface area contributed by atoms with Crippen molar-refractivity contribution < 1.29 is 14.2 Å². The molecule has 3 heteroatoms. The Labute approximate surface area is 101 Å². The second-order valence-electron chi connectivity index (χ2n) is 4.77. The van der Waals surface area contributed by atoms with Crippen LogP contribution in [0.5, 0.6) is 5.75 Å². The van der Waals surface area contributed by atoms with E-state index in [9.17, 15) is 9.50 Å². The van der Waals surface area contributed by atoms with Gasteiger partial charge in [-0.15, -0.1) is 0 Å². The Bertz CT molecular complexity index is 405. The smallest absolute Gasteiger partial charge is 0.132 e. The summed E-state index contributed by atoms with van der Waals surface area (Å²) in [4.78, 5) is 0. The van der Waals surface area contributed by atoms with Crippen LogP contribution in [0.2, 0.25) is 0 Å². The van der Waals surface area contributed by atoms with E-state index in [0.717, 1.165) is 19.3 Å². The lowest BCUT2D eigenvalue weighted by molar-refractivity contribution is -0.00707. The van der Waals surface area contributed by atoms with Gasteiger partial charge in [0.2, 0.25) is 0 Å². The Morgan fingerprint density at radius 1 is 1.53 bits per heavy atom. The molecule has 1 aliphatic rings. The van der Waals surface area contributed by atoms with E-state index in [1.54, 1.807) is 12.1 Å². The van der Waals surface area contributed by atoms with Crippen molar-refractivity contribution in [3.05, 3.63) is 29.6 Å². The first-order valence-electron chi connectivity index (χ1n) is 6.18. The summed E-state index contributed by atoms with van der Waals surface area (Å²) in [5, 5.41) is 10.7. The first kappa shape index (κ1) is 12.4. The molecule has 2 unspecified atom stereocenters. The lowest BCUT2D eigenvalue weighted by Gasteiger charge is -2.30. The van der Waals surface area contributed by atoms with E-state index in [1.165, 1.54) is 13.2 Å². The van der Waals surface area contributed by atoms with Crippen LogP contribution in [0.1, 0.15) is 38.2 Å². The molecule has 0 spiro atoms. The van der Waals surface area contributed by atoms with Crippen LogP contribution in [-0.2, 0) is 5.60 Å². The second-order valence-corrected chi connectivity index (χ2v) is 4.77. The molecular weight excluding hydrogens is 219 g/mol. The number of rotatable bonds is 3. The van der Waals surface area contributed by atoms with Gasteiger partial charge in [-0.1, -0.05) is 13.3 Å². The first-order valence-corrected chi connectivity index (χ1v) is 6.18. The Morgan fingerprint density at radius 3 is 2.88 bits per heavy atom. The van der Waals surface area contributed by atoms with Crippen molar-refractivity contribution >= 4 is 0 Å². The van der Waals surface area contributed by atoms with E-state index in [4.69, 9.17) is 4.74 Å². The van der Waals surface area contributed by atoms with E-state index < -0.39 is 5.60 Å². The highest BCUT2D eigenvalue weighted by Crippen LogP contribution is 2.46. The van der Waals surface area contributed by atoms with Crippen LogP contribution in [0.15, 0.2) is 18.2 Å². The number of halogens is 1. The first-order chi connectivity index (χ1) is 8.11. The van der Waals surface area contributed by atoms with Gasteiger partial charge >= 0.3 is 0 Å². The highest BCUT2D eigenvalue weighted by Gasteiger charge is 2.43. The van der Waals surface area contributed by atoms with Crippen LogP contribution in [0.3, 0.4) is 0 Å². The van der Waals surface area contributed by atoms with Gasteiger partial charge in [-0.25, -0.2) is 4.39 Å². The maximum absolute atomic E-state index is 14.0. The monoisotopic (exact) mass is 238 g/mol. The molecule has 2 nitrogen and oxygen atoms in total. The van der Waals surface area contributed by atoms with Crippen molar-refractivity contribution in [2.45, 2.75) is 38.2 Å². The third-order valence-corrected chi connectivity index (χ3v) is 3.92. The van der Waals surface area contributed by atoms with Gasteiger partial charge in [-0.2, -0.15) is 0 Å². The summed E-state index contributed by atoms with van der Waals surface area (Å²) in [6.07, 6.45) is 3.45. The maximum Gasteiger partial charge on any atom is 0.132 e. The number of aliphatic hydroxyl groups is 1. The van der Waals surface area contributed by atoms with Crippen LogP contribution in [0.25, 0.3) is 0 Å². The minimum absolute atomic E-state index is 0.158. The van der Waals surface area contributed by atoms with Crippen LogP contribution in [-0.4, -0.2) is 12.2 Å². The van der Waals surface area contributed by atoms with Crippen molar-refractivity contribution in [3.63, 3.8) is 0 Å². The average Bonchev–Trinajstić information content (AvgIpc) is 2.71. The third-order valence-electron chi connectivity index (χ3n) is 3.92. The van der Waals surface area contributed by atoms with Crippen molar-refractivity contribution in [1.82, 2.24) is 0 Å². The molecule has 0 saturated heterocycles. The Kier molecular flexibility index (Phi) is 3.38. The molecule has 0 radical (unpaired) electrons. The topological polar surface area (TPSA) is 29.5 Å². The van der Waals surface area contributed by atoms with Crippen molar-refractivity contribution in [3.8, 4) is 5.75 Å². The molecule has 2 atom stereocenters. The highest BCUT2D eigenvalue weighted by atomic mass is 19.1. The number of methoxy groups -OCH3 is 1. The van der Waals surface area contributed by atoms with Gasteiger partial charge in [0.15, 0.2) is 0 Å². The molecule has 0 amide bonds. The molecule has 0 bridgehead atoms. The summed E-state index contributed by atoms with van der Waals surface area (Å²) >= 11 is 0. The van der Waals surface area contributed by atoms with E-state index in [2.05, 4.69) is 0 Å². The lowest BCUT2D eigenvalue weighted by atomic mass is 9.82. The van der Waals surface area contributed by atoms with Crippen LogP contribution < -0.4 is 4.74 Å². The molecule has 0 aromatic heterocycles. The summed E-state index contributed by atoms with van der Waals surface area (Å²) in [5.41, 5.74) is -0.576. The Morgan fingerprint density at radius 2 is 2.29 bits per heavy atom. The van der Waals surface area contributed by atoms with Crippen molar-refractivity contribution in [2.24, 2.45) is 5.92 Å². The molecular formula is C14H19FO2. The molecule has 1 N–H and O–H groups in total. The Hall–Kier alpha value is -1.09. The van der Waals surface area contributed by atoms with Crippen molar-refractivity contribution in [1.29, 1.82) is 0 Å². The standard InChI is InChI=1S/C14H19FO2/c1-3-10-5-4-8-14(10,16)12-7-6-11(17-2)9-13(12)15/h6-7,9-10,16H,3-5,8H2,1-2H3. The van der Waals surface area contributed by atoms with Gasteiger partial charge < -0.3 is 9.84 Å². The van der Waals surface area contributed by atoms with E-state index >= 15 is 0 Å². The van der Waals surface area contributed by atoms with E-state index in [0.29, 0.717) is 17.7 Å². The predicted molar refractivity (Wildman–Crippen MR) is 64.5 cm³/mol. The molecule has 1 aliphatic carbocycles. The predicted octanol–water partition coefficient (Wildman–Crippen LogP) is 3.23. The largest absolute Gasteiger partial charge is 0.497 e. The molecule has 0 aliphatic heterocycles. The normalized spacial score (nSPS) is 28.4. The molecule has 0 heterocycles. The van der Waals surface area contributed by atoms with E-state index in [-0.39, 0.29) is 11.7 Å². The maximum atomic E-state index is 14.0. The fourth-order valence-electron chi connectivity index (χ4n) is 2.93. The zero-order chi connectivity index (χ0) is 12.5. The molecule has 2 rings (SSSR count). The van der Waals surface area contributed by atoms with Gasteiger partial charge in [0.05, 0.1) is 12.7 Å². The van der Waals surface area contributed by atoms with Gasteiger partial charge in [-0.05, 0) is 37.3 Å². The second kappa shape index (κ2) is 4.65. The Balaban J connectivity index is 2.39. The fourth-order valence-corrected chi connectivity index (χ4v) is 2.93. The number of benzene rings is 1. The summed E-state index contributed by atoms with van der Waals surface area (Å²) in [6.45, 7) is 2.04. The van der Waals surface area contributed by atoms with Crippen LogP contribution in [0, 0.1) is 11.7 Å². The van der Waals surface area contributed by atoms with Crippen LogP contribution >= 0.6 is 0 Å². The minimum atomic E-state index is -0.995. The molecule has 17 heavy (non-hydrogen) atoms. The van der Waals surface area contributed by atoms with Gasteiger partial charge in [0.1, 0.15) is 11.6 Å². The molecule has 94 valence electrons. The number of hydrogen-bond acceptors (Lipinski definition) is 2. The summed E-state index contributed by atoms with van der Waals surface area (Å²) in [5.74, 6) is 0.276. The van der Waals surface area contributed by atoms with Gasteiger partial charge in [0.25, 0.3) is 0 Å². The summed E-state index contributed by atoms with van der Waals surface area (Å²) in [7, 11) is 1.51. The number of hydrogen-bond donors (Lipinski definition) is 1. The molecule has 1 fully saturated rings. The quantitative estimate of drug-likeness (QED) is 0.876. The molecule has 1 saturated carbocycles. The van der Waals surface area contributed by atoms with Gasteiger partial charge in [0, 0.05) is 11.6 Å². The zero-order valence-electron chi connectivity index (χ0n) is 10.4. The van der Waals surface area contributed by atoms with Crippen molar-refractivity contribution in [2.75, 3.05) is 7.11 Å². The SMILES string of the molecule is CCC1CCCC1(O)c1ccc(OC)cc1F. The molecule has 1 aromatic rings. The fraction of sp³-hybridized carbons (Fsp3) is 0.571. The number of ether oxygens (including phenoxy) is 1. The highest BCUT2D eigenvalue weighted by molar-refractivity contribution is 5.33.